The Hall–Kier alpha value is -3.49. The van der Waals surface area contributed by atoms with Crippen molar-refractivity contribution in [1.29, 1.82) is 0 Å². The van der Waals surface area contributed by atoms with E-state index in [9.17, 15) is 19.2 Å². The number of aliphatic carboxylic acids is 1. The van der Waals surface area contributed by atoms with Gasteiger partial charge in [0.05, 0.1) is 12.5 Å². The first-order chi connectivity index (χ1) is 12.8. The van der Waals surface area contributed by atoms with Gasteiger partial charge in [-0.15, -0.1) is 0 Å². The van der Waals surface area contributed by atoms with Crippen molar-refractivity contribution in [1.82, 2.24) is 15.3 Å². The minimum absolute atomic E-state index is 0.00874. The van der Waals surface area contributed by atoms with Crippen LogP contribution in [0.2, 0.25) is 0 Å². The summed E-state index contributed by atoms with van der Waals surface area (Å²) in [5, 5.41) is 11.2. The van der Waals surface area contributed by atoms with Crippen LogP contribution in [0.1, 0.15) is 35.2 Å². The first kappa shape index (κ1) is 19.8. The van der Waals surface area contributed by atoms with Crippen LogP contribution >= 0.6 is 0 Å². The number of carboxylic acids is 1. The van der Waals surface area contributed by atoms with Gasteiger partial charge in [0.15, 0.2) is 11.6 Å². The van der Waals surface area contributed by atoms with E-state index < -0.39 is 41.9 Å². The summed E-state index contributed by atoms with van der Waals surface area (Å²) >= 11 is 0. The summed E-state index contributed by atoms with van der Waals surface area (Å²) in [4.78, 5) is 53.4. The molecule has 1 heterocycles. The van der Waals surface area contributed by atoms with Crippen molar-refractivity contribution in [3.8, 4) is 0 Å². The summed E-state index contributed by atoms with van der Waals surface area (Å²) in [5.74, 6) is -5.30. The van der Waals surface area contributed by atoms with E-state index in [0.29, 0.717) is 12.1 Å². The zero-order chi connectivity index (χ0) is 20.0. The normalized spacial score (nSPS) is 12.8. The van der Waals surface area contributed by atoms with Crippen molar-refractivity contribution >= 4 is 23.6 Å². The predicted octanol–water partition coefficient (Wildman–Crippen LogP) is 0.264. The highest BCUT2D eigenvalue weighted by Gasteiger charge is 2.31. The van der Waals surface area contributed by atoms with Crippen LogP contribution in [-0.4, -0.2) is 44.7 Å². The Morgan fingerprint density at radius 3 is 2.48 bits per heavy atom. The number of primary amides is 1. The number of rotatable bonds is 9. The Bertz CT molecular complexity index is 846. The van der Waals surface area contributed by atoms with Crippen LogP contribution in [0.4, 0.5) is 0 Å². The van der Waals surface area contributed by atoms with Gasteiger partial charge in [0.25, 0.3) is 5.91 Å². The van der Waals surface area contributed by atoms with Crippen molar-refractivity contribution < 1.29 is 24.3 Å². The molecule has 0 spiro atoms. The third-order valence-electron chi connectivity index (χ3n) is 3.92. The number of carbonyl (C=O) groups is 4. The Labute approximate surface area is 155 Å². The van der Waals surface area contributed by atoms with E-state index in [4.69, 9.17) is 10.8 Å². The molecule has 2 aromatic rings. The van der Waals surface area contributed by atoms with E-state index in [1.165, 1.54) is 13.1 Å². The lowest BCUT2D eigenvalue weighted by molar-refractivity contribution is -0.144. The first-order valence-corrected chi connectivity index (χ1v) is 8.21. The summed E-state index contributed by atoms with van der Waals surface area (Å²) < 4.78 is 0. The molecule has 2 rings (SSSR count). The average Bonchev–Trinajstić information content (AvgIpc) is 3.08. The Morgan fingerprint density at radius 2 is 1.89 bits per heavy atom. The van der Waals surface area contributed by atoms with Gasteiger partial charge in [-0.2, -0.15) is 0 Å². The van der Waals surface area contributed by atoms with E-state index in [1.807, 2.05) is 30.3 Å². The minimum Gasteiger partial charge on any atom is -0.481 e. The van der Waals surface area contributed by atoms with E-state index in [-0.39, 0.29) is 5.82 Å². The monoisotopic (exact) mass is 372 g/mol. The molecule has 0 radical (unpaired) electrons. The van der Waals surface area contributed by atoms with Gasteiger partial charge in [-0.25, -0.2) is 4.98 Å². The molecule has 0 bridgehead atoms. The fourth-order valence-electron chi connectivity index (χ4n) is 2.53. The second kappa shape index (κ2) is 8.75. The summed E-state index contributed by atoms with van der Waals surface area (Å²) in [5.41, 5.74) is 6.84. The smallest absolute Gasteiger partial charge is 0.304 e. The van der Waals surface area contributed by atoms with Gasteiger partial charge in [-0.1, -0.05) is 30.3 Å². The number of hydrogen-bond donors (Lipinski definition) is 4. The lowest BCUT2D eigenvalue weighted by Crippen LogP contribution is -2.45. The average molecular weight is 372 g/mol. The molecule has 0 aliphatic heterocycles. The number of aromatic nitrogens is 2. The summed E-state index contributed by atoms with van der Waals surface area (Å²) in [6, 6.07) is 8.48. The van der Waals surface area contributed by atoms with E-state index in [0.717, 1.165) is 5.56 Å². The largest absolute Gasteiger partial charge is 0.481 e. The molecule has 0 fully saturated rings. The molecule has 9 nitrogen and oxygen atoms in total. The van der Waals surface area contributed by atoms with Gasteiger partial charge in [0, 0.05) is 18.3 Å². The predicted molar refractivity (Wildman–Crippen MR) is 94.7 cm³/mol. The third-order valence-corrected chi connectivity index (χ3v) is 3.92. The van der Waals surface area contributed by atoms with Crippen LogP contribution < -0.4 is 11.1 Å². The number of hydrogen-bond acceptors (Lipinski definition) is 5. The molecular formula is C18H20N4O5. The second-order valence-electron chi connectivity index (χ2n) is 6.07. The highest BCUT2D eigenvalue weighted by molar-refractivity contribution is 6.06. The number of benzene rings is 1. The lowest BCUT2D eigenvalue weighted by atomic mass is 9.95. The standard InChI is InChI=1S/C18H20N4O5/c1-10(15(25)13(16(19)26)8-14(23)24)21-18(27)17-20-9-12(22-17)7-11-5-3-2-4-6-11/h2-6,9-10,13H,7-8H2,1H3,(H2,19,26)(H,20,22)(H,21,27)(H,23,24)/t10-,13-/m0/s1. The number of nitrogens with one attached hydrogen (secondary N) is 2. The number of H-pyrrole nitrogens is 1. The highest BCUT2D eigenvalue weighted by atomic mass is 16.4. The van der Waals surface area contributed by atoms with E-state index >= 15 is 0 Å². The molecule has 1 aromatic carbocycles. The van der Waals surface area contributed by atoms with E-state index in [1.54, 1.807) is 0 Å². The number of ketones is 1. The molecule has 0 unspecified atom stereocenters. The highest BCUT2D eigenvalue weighted by Crippen LogP contribution is 2.10. The minimum atomic E-state index is -1.51. The van der Waals surface area contributed by atoms with Crippen LogP contribution in [-0.2, 0) is 20.8 Å². The quantitative estimate of drug-likeness (QED) is 0.463. The molecular weight excluding hydrogens is 352 g/mol. The Kier molecular flexibility index (Phi) is 6.42. The molecule has 2 atom stereocenters. The first-order valence-electron chi connectivity index (χ1n) is 8.21. The topological polar surface area (TPSA) is 155 Å². The van der Waals surface area contributed by atoms with Crippen LogP contribution in [0.3, 0.4) is 0 Å². The molecule has 1 aromatic heterocycles. The zero-order valence-electron chi connectivity index (χ0n) is 14.6. The van der Waals surface area contributed by atoms with Crippen molar-refractivity contribution in [2.45, 2.75) is 25.8 Å². The maximum atomic E-state index is 12.3. The van der Waals surface area contributed by atoms with Crippen molar-refractivity contribution in [3.63, 3.8) is 0 Å². The Morgan fingerprint density at radius 1 is 1.22 bits per heavy atom. The van der Waals surface area contributed by atoms with Crippen molar-refractivity contribution in [2.75, 3.05) is 0 Å². The molecule has 0 saturated carbocycles. The maximum absolute atomic E-state index is 12.3. The van der Waals surface area contributed by atoms with Gasteiger partial charge in [-0.05, 0) is 12.5 Å². The van der Waals surface area contributed by atoms with Gasteiger partial charge in [0.2, 0.25) is 5.91 Å². The van der Waals surface area contributed by atoms with Crippen LogP contribution in [0.15, 0.2) is 36.5 Å². The van der Waals surface area contributed by atoms with Gasteiger partial charge < -0.3 is 21.1 Å². The molecule has 0 aliphatic carbocycles. The summed E-state index contributed by atoms with van der Waals surface area (Å²) in [7, 11) is 0. The number of Topliss-reactive ketones (excluding diaryl/α,β-unsaturated/α-hetero) is 1. The Balaban J connectivity index is 2.00. The van der Waals surface area contributed by atoms with Crippen LogP contribution in [0.5, 0.6) is 0 Å². The number of aromatic amines is 1. The third kappa shape index (κ3) is 5.50. The fraction of sp³-hybridized carbons (Fsp3) is 0.278. The summed E-state index contributed by atoms with van der Waals surface area (Å²) in [6.07, 6.45) is 1.35. The number of imidazole rings is 1. The van der Waals surface area contributed by atoms with Crippen LogP contribution in [0.25, 0.3) is 0 Å². The van der Waals surface area contributed by atoms with Crippen molar-refractivity contribution in [2.24, 2.45) is 11.7 Å². The lowest BCUT2D eigenvalue weighted by Gasteiger charge is -2.16. The van der Waals surface area contributed by atoms with Crippen molar-refractivity contribution in [3.05, 3.63) is 53.6 Å². The number of amides is 2. The van der Waals surface area contributed by atoms with E-state index in [2.05, 4.69) is 15.3 Å². The molecule has 142 valence electrons. The fourth-order valence-corrected chi connectivity index (χ4v) is 2.53. The number of nitrogens with two attached hydrogens (primary N) is 1. The SMILES string of the molecule is C[C@H](NC(=O)c1ncc(Cc2ccccc2)[nH]1)C(=O)[C@H](CC(=O)O)C(N)=O. The number of carboxylic acid groups (broad SMARTS) is 1. The zero-order valence-corrected chi connectivity index (χ0v) is 14.6. The molecule has 5 N–H and O–H groups in total. The summed E-state index contributed by atoms with van der Waals surface area (Å²) in [6.45, 7) is 1.35. The molecule has 2 amide bonds. The molecule has 9 heteroatoms. The maximum Gasteiger partial charge on any atom is 0.304 e. The van der Waals surface area contributed by atoms with Crippen LogP contribution in [0, 0.1) is 5.92 Å². The van der Waals surface area contributed by atoms with Gasteiger partial charge in [0.1, 0.15) is 5.92 Å². The second-order valence-corrected chi connectivity index (χ2v) is 6.07. The number of nitrogens with zero attached hydrogens (tertiary/aromatic N) is 1. The van der Waals surface area contributed by atoms with Gasteiger partial charge >= 0.3 is 5.97 Å². The molecule has 0 aliphatic rings. The molecule has 27 heavy (non-hydrogen) atoms. The molecule has 0 saturated heterocycles. The number of carbonyl (C=O) groups excluding carboxylic acids is 3. The van der Waals surface area contributed by atoms with Gasteiger partial charge in [-0.3, -0.25) is 19.2 Å².